The van der Waals surface area contributed by atoms with Gasteiger partial charge in [0, 0.05) is 45.5 Å². The summed E-state index contributed by atoms with van der Waals surface area (Å²) in [5, 5.41) is 4.31. The van der Waals surface area contributed by atoms with Crippen molar-refractivity contribution in [2.45, 2.75) is 45.1 Å². The number of hydrogen-bond donors (Lipinski definition) is 0. The van der Waals surface area contributed by atoms with Crippen molar-refractivity contribution < 1.29 is 4.79 Å². The summed E-state index contributed by atoms with van der Waals surface area (Å²) in [5.41, 5.74) is 1.59. The highest BCUT2D eigenvalue weighted by molar-refractivity contribution is 5.92. The Morgan fingerprint density at radius 1 is 1.32 bits per heavy atom. The molecule has 3 rings (SSSR count). The van der Waals surface area contributed by atoms with E-state index in [0.29, 0.717) is 11.7 Å². The first-order valence-electron chi connectivity index (χ1n) is 8.54. The molecule has 2 fully saturated rings. The molecular weight excluding hydrogens is 276 g/mol. The average molecular weight is 304 g/mol. The van der Waals surface area contributed by atoms with Gasteiger partial charge in [-0.3, -0.25) is 9.48 Å². The predicted octanol–water partition coefficient (Wildman–Crippen LogP) is 2.07. The van der Waals surface area contributed by atoms with Crippen LogP contribution in [0.5, 0.6) is 0 Å². The molecule has 0 unspecified atom stereocenters. The molecule has 0 spiro atoms. The second-order valence-electron chi connectivity index (χ2n) is 7.04. The lowest BCUT2D eigenvalue weighted by atomic mass is 9.84. The Balaban J connectivity index is 1.52. The standard InChI is InChI=1S/C17H28N4O/c1-13-11-16(18-20(13)3)17(22)19(2)15-7-9-21(10-8-15)12-14-5-4-6-14/h11,14-15H,4-10,12H2,1-3H3. The van der Waals surface area contributed by atoms with Gasteiger partial charge in [0.1, 0.15) is 0 Å². The Morgan fingerprint density at radius 2 is 2.00 bits per heavy atom. The van der Waals surface area contributed by atoms with E-state index in [4.69, 9.17) is 0 Å². The lowest BCUT2D eigenvalue weighted by molar-refractivity contribution is 0.0603. The molecule has 2 aliphatic rings. The molecule has 5 nitrogen and oxygen atoms in total. The van der Waals surface area contributed by atoms with Crippen LogP contribution in [-0.2, 0) is 7.05 Å². The molecule has 1 saturated carbocycles. The number of nitrogens with zero attached hydrogens (tertiary/aromatic N) is 4. The van der Waals surface area contributed by atoms with Crippen molar-refractivity contribution in [3.05, 3.63) is 17.5 Å². The van der Waals surface area contributed by atoms with E-state index >= 15 is 0 Å². The predicted molar refractivity (Wildman–Crippen MR) is 86.8 cm³/mol. The number of carbonyl (C=O) groups is 1. The SMILES string of the molecule is Cc1cc(C(=O)N(C)C2CCN(CC3CCC3)CC2)nn1C. The van der Waals surface area contributed by atoms with Gasteiger partial charge in [-0.1, -0.05) is 6.42 Å². The maximum Gasteiger partial charge on any atom is 0.274 e. The summed E-state index contributed by atoms with van der Waals surface area (Å²) in [6, 6.07) is 2.23. The quantitative estimate of drug-likeness (QED) is 0.855. The van der Waals surface area contributed by atoms with Crippen LogP contribution >= 0.6 is 0 Å². The molecule has 5 heteroatoms. The van der Waals surface area contributed by atoms with E-state index in [2.05, 4.69) is 10.00 Å². The molecule has 1 amide bonds. The zero-order chi connectivity index (χ0) is 15.7. The van der Waals surface area contributed by atoms with Crippen LogP contribution in [0.1, 0.15) is 48.3 Å². The Bertz CT molecular complexity index is 507. The van der Waals surface area contributed by atoms with E-state index in [9.17, 15) is 4.79 Å². The second kappa shape index (κ2) is 6.41. The highest BCUT2D eigenvalue weighted by Gasteiger charge is 2.29. The van der Waals surface area contributed by atoms with Gasteiger partial charge < -0.3 is 9.80 Å². The monoisotopic (exact) mass is 304 g/mol. The van der Waals surface area contributed by atoms with Crippen molar-refractivity contribution in [2.75, 3.05) is 26.7 Å². The van der Waals surface area contributed by atoms with Crippen LogP contribution in [-0.4, -0.2) is 58.2 Å². The molecular formula is C17H28N4O. The first-order valence-corrected chi connectivity index (χ1v) is 8.54. The molecule has 0 radical (unpaired) electrons. The summed E-state index contributed by atoms with van der Waals surface area (Å²) >= 11 is 0. The number of likely N-dealkylation sites (tertiary alicyclic amines) is 1. The highest BCUT2D eigenvalue weighted by Crippen LogP contribution is 2.28. The number of piperidine rings is 1. The maximum absolute atomic E-state index is 12.6. The molecule has 22 heavy (non-hydrogen) atoms. The van der Waals surface area contributed by atoms with Crippen LogP contribution in [0.15, 0.2) is 6.07 Å². The van der Waals surface area contributed by atoms with Crippen molar-refractivity contribution in [3.8, 4) is 0 Å². The van der Waals surface area contributed by atoms with Crippen LogP contribution in [0, 0.1) is 12.8 Å². The van der Waals surface area contributed by atoms with E-state index < -0.39 is 0 Å². The van der Waals surface area contributed by atoms with E-state index in [1.807, 2.05) is 32.0 Å². The molecule has 0 atom stereocenters. The van der Waals surface area contributed by atoms with Gasteiger partial charge in [-0.05, 0) is 44.6 Å². The fourth-order valence-electron chi connectivity index (χ4n) is 3.54. The van der Waals surface area contributed by atoms with E-state index in [1.165, 1.54) is 25.8 Å². The molecule has 2 heterocycles. The number of carbonyl (C=O) groups excluding carboxylic acids is 1. The molecule has 0 bridgehead atoms. The van der Waals surface area contributed by atoms with Crippen LogP contribution in [0.4, 0.5) is 0 Å². The smallest absolute Gasteiger partial charge is 0.274 e. The number of aromatic nitrogens is 2. The Hall–Kier alpha value is -1.36. The molecule has 1 aromatic rings. The minimum absolute atomic E-state index is 0.0566. The normalized spacial score (nSPS) is 20.9. The third kappa shape index (κ3) is 3.19. The van der Waals surface area contributed by atoms with Crippen molar-refractivity contribution >= 4 is 5.91 Å². The van der Waals surface area contributed by atoms with Gasteiger partial charge in [0.15, 0.2) is 5.69 Å². The minimum Gasteiger partial charge on any atom is -0.337 e. The lowest BCUT2D eigenvalue weighted by Gasteiger charge is -2.39. The molecule has 1 aliphatic heterocycles. The van der Waals surface area contributed by atoms with Gasteiger partial charge in [0.2, 0.25) is 0 Å². The van der Waals surface area contributed by atoms with E-state index in [0.717, 1.165) is 37.5 Å². The van der Waals surface area contributed by atoms with Crippen molar-refractivity contribution in [1.29, 1.82) is 0 Å². The second-order valence-corrected chi connectivity index (χ2v) is 7.04. The lowest BCUT2D eigenvalue weighted by Crippen LogP contribution is -2.47. The zero-order valence-corrected chi connectivity index (χ0v) is 14.1. The fraction of sp³-hybridized carbons (Fsp3) is 0.765. The van der Waals surface area contributed by atoms with Crippen molar-refractivity contribution in [1.82, 2.24) is 19.6 Å². The molecule has 1 aromatic heterocycles. The average Bonchev–Trinajstić information content (AvgIpc) is 2.82. The number of aryl methyl sites for hydroxylation is 2. The zero-order valence-electron chi connectivity index (χ0n) is 14.1. The largest absolute Gasteiger partial charge is 0.337 e. The highest BCUT2D eigenvalue weighted by atomic mass is 16.2. The molecule has 1 aliphatic carbocycles. The van der Waals surface area contributed by atoms with Crippen LogP contribution in [0.25, 0.3) is 0 Å². The van der Waals surface area contributed by atoms with E-state index in [-0.39, 0.29) is 5.91 Å². The molecule has 0 aromatic carbocycles. The third-order valence-corrected chi connectivity index (χ3v) is 5.50. The Kier molecular flexibility index (Phi) is 4.52. The molecule has 122 valence electrons. The third-order valence-electron chi connectivity index (χ3n) is 5.50. The summed E-state index contributed by atoms with van der Waals surface area (Å²) in [4.78, 5) is 17.1. The van der Waals surface area contributed by atoms with Gasteiger partial charge >= 0.3 is 0 Å². The van der Waals surface area contributed by atoms with Crippen molar-refractivity contribution in [3.63, 3.8) is 0 Å². The number of amides is 1. The first kappa shape index (κ1) is 15.5. The van der Waals surface area contributed by atoms with Crippen LogP contribution < -0.4 is 0 Å². The summed E-state index contributed by atoms with van der Waals surface area (Å²) < 4.78 is 1.77. The van der Waals surface area contributed by atoms with Crippen LogP contribution in [0.2, 0.25) is 0 Å². The van der Waals surface area contributed by atoms with Gasteiger partial charge in [0.05, 0.1) is 0 Å². The summed E-state index contributed by atoms with van der Waals surface area (Å²) in [6.07, 6.45) is 6.41. The van der Waals surface area contributed by atoms with Crippen LogP contribution in [0.3, 0.4) is 0 Å². The number of rotatable bonds is 4. The van der Waals surface area contributed by atoms with Gasteiger partial charge in [-0.2, -0.15) is 5.10 Å². The maximum atomic E-state index is 12.6. The Labute approximate surface area is 133 Å². The van der Waals surface area contributed by atoms with Gasteiger partial charge in [0.25, 0.3) is 5.91 Å². The summed E-state index contributed by atoms with van der Waals surface area (Å²) in [5.74, 6) is 0.994. The summed E-state index contributed by atoms with van der Waals surface area (Å²) in [6.45, 7) is 5.49. The first-order chi connectivity index (χ1) is 10.5. The van der Waals surface area contributed by atoms with Gasteiger partial charge in [-0.25, -0.2) is 0 Å². The number of hydrogen-bond acceptors (Lipinski definition) is 3. The van der Waals surface area contributed by atoms with Crippen molar-refractivity contribution in [2.24, 2.45) is 13.0 Å². The summed E-state index contributed by atoms with van der Waals surface area (Å²) in [7, 11) is 3.81. The fourth-order valence-corrected chi connectivity index (χ4v) is 3.54. The molecule has 0 N–H and O–H groups in total. The van der Waals surface area contributed by atoms with Gasteiger partial charge in [-0.15, -0.1) is 0 Å². The minimum atomic E-state index is 0.0566. The Morgan fingerprint density at radius 3 is 2.50 bits per heavy atom. The molecule has 1 saturated heterocycles. The topological polar surface area (TPSA) is 41.4 Å². The van der Waals surface area contributed by atoms with E-state index in [1.54, 1.807) is 4.68 Å².